The molecule has 0 aromatic heterocycles. The zero-order chi connectivity index (χ0) is 21.8. The Bertz CT molecular complexity index is 437. The summed E-state index contributed by atoms with van der Waals surface area (Å²) >= 11 is 0. The number of aliphatic hydroxyl groups is 1. The summed E-state index contributed by atoms with van der Waals surface area (Å²) in [4.78, 5) is 10.6. The second-order valence-electron chi connectivity index (χ2n) is 4.80. The Hall–Kier alpha value is -1.41. The highest BCUT2D eigenvalue weighted by atomic mass is 19.4. The molecule has 0 saturated heterocycles. The lowest BCUT2D eigenvalue weighted by molar-refractivity contribution is -0.370. The van der Waals surface area contributed by atoms with E-state index in [1.807, 2.05) is 0 Å². The van der Waals surface area contributed by atoms with Gasteiger partial charge in [0.15, 0.2) is 0 Å². The van der Waals surface area contributed by atoms with Gasteiger partial charge in [-0.1, -0.05) is 6.92 Å². The second-order valence-corrected chi connectivity index (χ2v) is 4.80. The first-order valence-electron chi connectivity index (χ1n) is 6.20. The summed E-state index contributed by atoms with van der Waals surface area (Å²) in [6, 6.07) is 0. The monoisotopic (exact) mass is 420 g/mol. The highest BCUT2D eigenvalue weighted by Crippen LogP contribution is 2.43. The molecular weight excluding hydrogens is 408 g/mol. The summed E-state index contributed by atoms with van der Waals surface area (Å²) in [6.45, 7) is -0.999. The fourth-order valence-corrected chi connectivity index (χ4v) is 0.740. The van der Waals surface area contributed by atoms with Crippen molar-refractivity contribution in [3.05, 3.63) is 0 Å². The Labute approximate surface area is 137 Å². The molecule has 0 aliphatic carbocycles. The topological polar surface area (TPSA) is 46.5 Å². The number of esters is 1. The molecule has 0 aromatic carbocycles. The van der Waals surface area contributed by atoms with Crippen LogP contribution in [0.25, 0.3) is 0 Å². The number of carbonyl (C=O) groups is 1. The summed E-state index contributed by atoms with van der Waals surface area (Å²) in [6.07, 6.45) is -21.6. The molecule has 0 saturated carbocycles. The summed E-state index contributed by atoms with van der Waals surface area (Å²) < 4.78 is 143. The second kappa shape index (κ2) is 8.52. The Kier molecular flexibility index (Phi) is 8.79. The summed E-state index contributed by atoms with van der Waals surface area (Å²) in [5.74, 6) is -1.86. The fraction of sp³-hybridized carbons (Fsp3) is 0.909. The van der Waals surface area contributed by atoms with Crippen LogP contribution in [0, 0.1) is 0 Å². The summed E-state index contributed by atoms with van der Waals surface area (Å²) in [7, 11) is 0. The molecule has 0 radical (unpaired) electrons. The summed E-state index contributed by atoms with van der Waals surface area (Å²) in [5.41, 5.74) is -7.85. The Morgan fingerprint density at radius 3 is 1.46 bits per heavy atom. The maximum atomic E-state index is 13.0. The van der Waals surface area contributed by atoms with E-state index in [4.69, 9.17) is 5.11 Å². The van der Waals surface area contributed by atoms with Crippen LogP contribution >= 0.6 is 0 Å². The average Bonchev–Trinajstić information content (AvgIpc) is 2.43. The number of rotatable bonds is 4. The van der Waals surface area contributed by atoms with Gasteiger partial charge in [0.2, 0.25) is 5.67 Å². The maximum Gasteiger partial charge on any atom is 0.457 e. The van der Waals surface area contributed by atoms with Crippen LogP contribution in [0.15, 0.2) is 0 Å². The lowest BCUT2D eigenvalue weighted by atomic mass is 10.1. The first-order chi connectivity index (χ1) is 11.2. The minimum absolute atomic E-state index is 0.392. The SMILES string of the molecule is CCC(C)(F)C(=O)OC(F)C(F)(F)F.OC(CF)(C(F)(F)F)C(F)(F)F. The van der Waals surface area contributed by atoms with Crippen molar-refractivity contribution < 1.29 is 67.3 Å². The molecule has 0 amide bonds. The molecule has 0 bridgehead atoms. The molecule has 0 heterocycles. The third-order valence-electron chi connectivity index (χ3n) is 2.69. The average molecular weight is 420 g/mol. The van der Waals surface area contributed by atoms with E-state index in [9.17, 15) is 57.5 Å². The van der Waals surface area contributed by atoms with E-state index >= 15 is 0 Å². The molecule has 0 aromatic rings. The van der Waals surface area contributed by atoms with Gasteiger partial charge in [0.25, 0.3) is 5.60 Å². The Morgan fingerprint density at radius 1 is 0.962 bits per heavy atom. The minimum atomic E-state index is -6.06. The van der Waals surface area contributed by atoms with E-state index in [-0.39, 0.29) is 0 Å². The number of hydrogen-bond donors (Lipinski definition) is 1. The van der Waals surface area contributed by atoms with E-state index in [0.717, 1.165) is 6.92 Å². The van der Waals surface area contributed by atoms with E-state index in [1.165, 1.54) is 6.92 Å². The molecule has 0 aliphatic rings. The van der Waals surface area contributed by atoms with Crippen molar-refractivity contribution in [1.82, 2.24) is 0 Å². The van der Waals surface area contributed by atoms with Gasteiger partial charge in [0, 0.05) is 0 Å². The van der Waals surface area contributed by atoms with Gasteiger partial charge < -0.3 is 9.84 Å². The van der Waals surface area contributed by atoms with Crippen LogP contribution in [0.3, 0.4) is 0 Å². The zero-order valence-electron chi connectivity index (χ0n) is 12.8. The number of ether oxygens (including phenoxy) is 1. The van der Waals surface area contributed by atoms with Crippen LogP contribution in [-0.4, -0.2) is 53.9 Å². The van der Waals surface area contributed by atoms with Crippen molar-refractivity contribution in [2.45, 2.75) is 56.4 Å². The van der Waals surface area contributed by atoms with E-state index in [2.05, 4.69) is 4.74 Å². The molecule has 0 fully saturated rings. The van der Waals surface area contributed by atoms with Gasteiger partial charge in [-0.2, -0.15) is 43.9 Å². The van der Waals surface area contributed by atoms with Gasteiger partial charge in [-0.15, -0.1) is 0 Å². The van der Waals surface area contributed by atoms with Gasteiger partial charge in [-0.05, 0) is 13.3 Å². The fourth-order valence-electron chi connectivity index (χ4n) is 0.740. The van der Waals surface area contributed by atoms with Crippen LogP contribution < -0.4 is 0 Å². The molecule has 0 rings (SSSR count). The van der Waals surface area contributed by atoms with Crippen LogP contribution in [0.2, 0.25) is 0 Å². The third kappa shape index (κ3) is 7.07. The maximum absolute atomic E-state index is 13.0. The lowest BCUT2D eigenvalue weighted by Crippen LogP contribution is -2.58. The van der Waals surface area contributed by atoms with Crippen LogP contribution in [-0.2, 0) is 9.53 Å². The molecule has 0 spiro atoms. The van der Waals surface area contributed by atoms with E-state index in [1.54, 1.807) is 0 Å². The highest BCUT2D eigenvalue weighted by Gasteiger charge is 2.70. The van der Waals surface area contributed by atoms with Crippen molar-refractivity contribution in [3.8, 4) is 0 Å². The molecule has 2 unspecified atom stereocenters. The van der Waals surface area contributed by atoms with E-state index in [0.29, 0.717) is 0 Å². The van der Waals surface area contributed by atoms with Gasteiger partial charge >= 0.3 is 30.9 Å². The Morgan fingerprint density at radius 2 is 1.31 bits per heavy atom. The zero-order valence-corrected chi connectivity index (χ0v) is 12.8. The molecular formula is C11H12F12O3. The van der Waals surface area contributed by atoms with Crippen LogP contribution in [0.1, 0.15) is 20.3 Å². The molecule has 2 atom stereocenters. The summed E-state index contributed by atoms with van der Waals surface area (Å²) in [5, 5.41) is 7.87. The molecule has 0 aliphatic heterocycles. The van der Waals surface area contributed by atoms with Crippen molar-refractivity contribution in [2.75, 3.05) is 6.67 Å². The number of hydrogen-bond acceptors (Lipinski definition) is 3. The van der Waals surface area contributed by atoms with E-state index < -0.39 is 55.2 Å². The van der Waals surface area contributed by atoms with Crippen molar-refractivity contribution in [3.63, 3.8) is 0 Å². The first kappa shape index (κ1) is 26.8. The first-order valence-corrected chi connectivity index (χ1v) is 6.20. The molecule has 158 valence electrons. The van der Waals surface area contributed by atoms with Crippen molar-refractivity contribution in [1.29, 1.82) is 0 Å². The van der Waals surface area contributed by atoms with Gasteiger partial charge in [-0.25, -0.2) is 13.6 Å². The normalized spacial score (nSPS) is 16.9. The van der Waals surface area contributed by atoms with Crippen molar-refractivity contribution in [2.24, 2.45) is 0 Å². The predicted octanol–water partition coefficient (Wildman–Crippen LogP) is 4.34. The minimum Gasteiger partial charge on any atom is -0.419 e. The molecule has 15 heteroatoms. The van der Waals surface area contributed by atoms with Crippen LogP contribution in [0.5, 0.6) is 0 Å². The third-order valence-corrected chi connectivity index (χ3v) is 2.69. The largest absolute Gasteiger partial charge is 0.457 e. The molecule has 26 heavy (non-hydrogen) atoms. The molecule has 1 N–H and O–H groups in total. The number of halogens is 12. The Balaban J connectivity index is 0. The standard InChI is InChI=1S/C7H9F5O2.C4H3F7O/c1-3-6(2,9)5(13)14-4(8)7(10,11)12;5-1-2(12,3(6,7)8)4(9,10)11/h4H,3H2,1-2H3;12H,1H2. The van der Waals surface area contributed by atoms with Gasteiger partial charge in [-0.3, -0.25) is 0 Å². The van der Waals surface area contributed by atoms with Gasteiger partial charge in [0.05, 0.1) is 0 Å². The van der Waals surface area contributed by atoms with Gasteiger partial charge in [0.1, 0.15) is 6.67 Å². The highest BCUT2D eigenvalue weighted by molar-refractivity contribution is 5.78. The lowest BCUT2D eigenvalue weighted by Gasteiger charge is -2.29. The predicted molar refractivity (Wildman–Crippen MR) is 59.9 cm³/mol. The van der Waals surface area contributed by atoms with Crippen molar-refractivity contribution >= 4 is 5.97 Å². The molecule has 3 nitrogen and oxygen atoms in total. The number of alkyl halides is 12. The smallest absolute Gasteiger partial charge is 0.419 e. The number of carbonyl (C=O) groups excluding carboxylic acids is 1. The van der Waals surface area contributed by atoms with Crippen LogP contribution in [0.4, 0.5) is 52.7 Å². The quantitative estimate of drug-likeness (QED) is 0.544.